The molecule has 0 radical (unpaired) electrons. The fourth-order valence-corrected chi connectivity index (χ4v) is 2.76. The maximum absolute atomic E-state index is 12.3. The molecule has 0 unspecified atom stereocenters. The number of guanidine groups is 1. The second-order valence-electron chi connectivity index (χ2n) is 5.76. The number of hydrogen-bond acceptors (Lipinski definition) is 3. The van der Waals surface area contributed by atoms with E-state index in [4.69, 9.17) is 0 Å². The third-order valence-electron chi connectivity index (χ3n) is 3.81. The predicted octanol–water partition coefficient (Wildman–Crippen LogP) is 2.56. The number of pyridine rings is 1. The van der Waals surface area contributed by atoms with Crippen LogP contribution in [-0.2, 0) is 17.9 Å². The van der Waals surface area contributed by atoms with E-state index < -0.39 is 0 Å². The van der Waals surface area contributed by atoms with Crippen LogP contribution in [0.1, 0.15) is 17.7 Å². The summed E-state index contributed by atoms with van der Waals surface area (Å²) in [4.78, 5) is 22.4. The summed E-state index contributed by atoms with van der Waals surface area (Å²) in [5.41, 5.74) is 2.02. The van der Waals surface area contributed by atoms with Gasteiger partial charge in [-0.05, 0) is 23.8 Å². The summed E-state index contributed by atoms with van der Waals surface area (Å²) in [6.45, 7) is 1.67. The Morgan fingerprint density at radius 2 is 1.96 bits per heavy atom. The fraction of sp³-hybridized carbons (Fsp3) is 0.316. The molecule has 0 aliphatic carbocycles. The van der Waals surface area contributed by atoms with Gasteiger partial charge in [0.15, 0.2) is 5.96 Å². The Labute approximate surface area is 162 Å². The molecule has 0 saturated carbocycles. The van der Waals surface area contributed by atoms with E-state index in [-0.39, 0.29) is 5.91 Å². The Bertz CT molecular complexity index is 736. The lowest BCUT2D eigenvalue weighted by atomic mass is 10.2. The smallest absolute Gasteiger partial charge is 0.224 e. The molecule has 0 fully saturated rings. The van der Waals surface area contributed by atoms with E-state index in [2.05, 4.69) is 36.5 Å². The zero-order valence-corrected chi connectivity index (χ0v) is 16.7. The van der Waals surface area contributed by atoms with Crippen molar-refractivity contribution in [2.75, 3.05) is 20.6 Å². The van der Waals surface area contributed by atoms with E-state index in [9.17, 15) is 4.79 Å². The molecular formula is C19H24BrN5O. The van der Waals surface area contributed by atoms with Crippen LogP contribution in [0.25, 0.3) is 0 Å². The van der Waals surface area contributed by atoms with Gasteiger partial charge in [-0.1, -0.05) is 40.2 Å². The van der Waals surface area contributed by atoms with Gasteiger partial charge in [-0.15, -0.1) is 0 Å². The SMILES string of the molecule is CN=C(NCCC(=O)N(C)Cc1ccccc1Br)NCc1ccccn1. The second kappa shape index (κ2) is 10.6. The number of hydrogen-bond donors (Lipinski definition) is 2. The average Bonchev–Trinajstić information content (AvgIpc) is 2.67. The molecule has 2 aromatic rings. The van der Waals surface area contributed by atoms with Gasteiger partial charge in [0.05, 0.1) is 12.2 Å². The molecule has 138 valence electrons. The number of nitrogens with zero attached hydrogens (tertiary/aromatic N) is 3. The van der Waals surface area contributed by atoms with Gasteiger partial charge in [0.1, 0.15) is 0 Å². The van der Waals surface area contributed by atoms with Crippen LogP contribution in [-0.4, -0.2) is 42.4 Å². The van der Waals surface area contributed by atoms with Crippen molar-refractivity contribution in [2.24, 2.45) is 4.99 Å². The van der Waals surface area contributed by atoms with Crippen LogP contribution in [0.2, 0.25) is 0 Å². The number of carbonyl (C=O) groups is 1. The normalized spacial score (nSPS) is 11.1. The fourth-order valence-electron chi connectivity index (χ4n) is 2.35. The molecule has 0 spiro atoms. The molecule has 7 heteroatoms. The van der Waals surface area contributed by atoms with Crippen LogP contribution in [0.4, 0.5) is 0 Å². The molecule has 1 aromatic heterocycles. The van der Waals surface area contributed by atoms with Crippen LogP contribution in [0.5, 0.6) is 0 Å². The van der Waals surface area contributed by atoms with Gasteiger partial charge >= 0.3 is 0 Å². The first-order valence-corrected chi connectivity index (χ1v) is 9.21. The van der Waals surface area contributed by atoms with Gasteiger partial charge in [0.25, 0.3) is 0 Å². The first kappa shape index (κ1) is 19.9. The number of halogens is 1. The Hall–Kier alpha value is -2.41. The molecule has 1 amide bonds. The summed E-state index contributed by atoms with van der Waals surface area (Å²) in [7, 11) is 3.52. The lowest BCUT2D eigenvalue weighted by molar-refractivity contribution is -0.130. The van der Waals surface area contributed by atoms with E-state index in [1.165, 1.54) is 0 Å². The minimum absolute atomic E-state index is 0.0773. The lowest BCUT2D eigenvalue weighted by Gasteiger charge is -2.19. The summed E-state index contributed by atoms with van der Waals surface area (Å²) in [6.07, 6.45) is 2.15. The van der Waals surface area contributed by atoms with E-state index in [1.807, 2.05) is 49.5 Å². The van der Waals surface area contributed by atoms with E-state index in [1.54, 1.807) is 18.1 Å². The Kier molecular flexibility index (Phi) is 8.08. The molecule has 0 aliphatic heterocycles. The summed E-state index contributed by atoms with van der Waals surface area (Å²) < 4.78 is 1.01. The monoisotopic (exact) mass is 417 g/mol. The molecule has 6 nitrogen and oxygen atoms in total. The molecule has 0 bridgehead atoms. The van der Waals surface area contributed by atoms with Crippen LogP contribution < -0.4 is 10.6 Å². The van der Waals surface area contributed by atoms with Crippen molar-refractivity contribution in [3.63, 3.8) is 0 Å². The van der Waals surface area contributed by atoms with Gasteiger partial charge in [0, 0.05) is 44.3 Å². The predicted molar refractivity (Wildman–Crippen MR) is 108 cm³/mol. The first-order chi connectivity index (χ1) is 12.6. The number of benzene rings is 1. The number of aromatic nitrogens is 1. The third kappa shape index (κ3) is 6.48. The summed E-state index contributed by atoms with van der Waals surface area (Å²) in [5, 5.41) is 6.34. The highest BCUT2D eigenvalue weighted by Gasteiger charge is 2.11. The Morgan fingerprint density at radius 1 is 1.19 bits per heavy atom. The summed E-state index contributed by atoms with van der Waals surface area (Å²) >= 11 is 3.51. The molecular weight excluding hydrogens is 394 g/mol. The molecule has 1 aromatic carbocycles. The van der Waals surface area contributed by atoms with Gasteiger partial charge in [-0.2, -0.15) is 0 Å². The maximum Gasteiger partial charge on any atom is 0.224 e. The van der Waals surface area contributed by atoms with Crippen molar-refractivity contribution in [1.29, 1.82) is 0 Å². The van der Waals surface area contributed by atoms with Crippen LogP contribution in [0, 0.1) is 0 Å². The zero-order chi connectivity index (χ0) is 18.8. The highest BCUT2D eigenvalue weighted by molar-refractivity contribution is 9.10. The topological polar surface area (TPSA) is 69.6 Å². The summed E-state index contributed by atoms with van der Waals surface area (Å²) in [6, 6.07) is 13.7. The summed E-state index contributed by atoms with van der Waals surface area (Å²) in [5.74, 6) is 0.727. The molecule has 0 saturated heterocycles. The number of nitrogens with one attached hydrogen (secondary N) is 2. The Balaban J connectivity index is 1.73. The quantitative estimate of drug-likeness (QED) is 0.536. The van der Waals surface area contributed by atoms with E-state index in [0.29, 0.717) is 32.0 Å². The van der Waals surface area contributed by atoms with E-state index in [0.717, 1.165) is 15.7 Å². The van der Waals surface area contributed by atoms with Crippen molar-refractivity contribution in [3.8, 4) is 0 Å². The maximum atomic E-state index is 12.3. The lowest BCUT2D eigenvalue weighted by Crippen LogP contribution is -2.39. The van der Waals surface area contributed by atoms with Crippen LogP contribution in [0.3, 0.4) is 0 Å². The van der Waals surface area contributed by atoms with Crippen molar-refractivity contribution < 1.29 is 4.79 Å². The second-order valence-corrected chi connectivity index (χ2v) is 6.62. The molecule has 26 heavy (non-hydrogen) atoms. The van der Waals surface area contributed by atoms with Gasteiger partial charge in [0.2, 0.25) is 5.91 Å². The highest BCUT2D eigenvalue weighted by atomic mass is 79.9. The molecule has 0 aliphatic rings. The zero-order valence-electron chi connectivity index (χ0n) is 15.1. The molecule has 1 heterocycles. The minimum Gasteiger partial charge on any atom is -0.356 e. The van der Waals surface area contributed by atoms with Crippen molar-refractivity contribution >= 4 is 27.8 Å². The molecule has 2 N–H and O–H groups in total. The standard InChI is InChI=1S/C19H24BrN5O/c1-21-19(24-13-16-8-5-6-11-22-16)23-12-10-18(26)25(2)14-15-7-3-4-9-17(15)20/h3-9,11H,10,12-14H2,1-2H3,(H2,21,23,24). The number of aliphatic imine (C=N–C) groups is 1. The molecule has 2 rings (SSSR count). The van der Waals surface area contributed by atoms with Gasteiger partial charge in [-0.25, -0.2) is 0 Å². The van der Waals surface area contributed by atoms with Crippen LogP contribution in [0.15, 0.2) is 58.1 Å². The third-order valence-corrected chi connectivity index (χ3v) is 4.58. The van der Waals surface area contributed by atoms with Crippen LogP contribution >= 0.6 is 15.9 Å². The first-order valence-electron chi connectivity index (χ1n) is 8.42. The molecule has 0 atom stereocenters. The number of rotatable bonds is 7. The van der Waals surface area contributed by atoms with Gasteiger partial charge < -0.3 is 15.5 Å². The van der Waals surface area contributed by atoms with Crippen molar-refractivity contribution in [1.82, 2.24) is 20.5 Å². The minimum atomic E-state index is 0.0773. The average molecular weight is 418 g/mol. The van der Waals surface area contributed by atoms with Gasteiger partial charge in [-0.3, -0.25) is 14.8 Å². The highest BCUT2D eigenvalue weighted by Crippen LogP contribution is 2.17. The van der Waals surface area contributed by atoms with Crippen molar-refractivity contribution in [3.05, 3.63) is 64.4 Å². The number of carbonyl (C=O) groups excluding carboxylic acids is 1. The largest absolute Gasteiger partial charge is 0.356 e. The Morgan fingerprint density at radius 3 is 2.65 bits per heavy atom. The number of amides is 1. The van der Waals surface area contributed by atoms with Crippen molar-refractivity contribution in [2.45, 2.75) is 19.5 Å². The van der Waals surface area contributed by atoms with E-state index >= 15 is 0 Å².